The van der Waals surface area contributed by atoms with Crippen LogP contribution in [-0.4, -0.2) is 10.2 Å². The van der Waals surface area contributed by atoms with Gasteiger partial charge in [0.15, 0.2) is 0 Å². The Kier molecular flexibility index (Phi) is 2.62. The molecule has 104 valence electrons. The van der Waals surface area contributed by atoms with Crippen LogP contribution >= 0.6 is 0 Å². The predicted molar refractivity (Wildman–Crippen MR) is 80.3 cm³/mol. The summed E-state index contributed by atoms with van der Waals surface area (Å²) in [7, 11) is 0. The highest BCUT2D eigenvalue weighted by Gasteiger charge is 2.45. The maximum absolute atomic E-state index is 9.85. The fourth-order valence-electron chi connectivity index (χ4n) is 3.74. The van der Waals surface area contributed by atoms with Crippen LogP contribution in [0, 0.1) is 0 Å². The highest BCUT2D eigenvalue weighted by Crippen LogP contribution is 2.53. The monoisotopic (exact) mass is 268 g/mol. The molecule has 1 aliphatic rings. The van der Waals surface area contributed by atoms with Gasteiger partial charge in [-0.3, -0.25) is 0 Å². The van der Waals surface area contributed by atoms with Crippen LogP contribution in [-0.2, 0) is 10.8 Å². The number of hydrogen-bond acceptors (Lipinski definition) is 2. The quantitative estimate of drug-likeness (QED) is 0.818. The van der Waals surface area contributed by atoms with E-state index in [0.29, 0.717) is 5.75 Å². The summed E-state index contributed by atoms with van der Waals surface area (Å²) in [5, 5.41) is 19.3. The molecular formula is C18H20O2. The average Bonchev–Trinajstić information content (AvgIpc) is 2.58. The Bertz CT molecular complexity index is 656. The van der Waals surface area contributed by atoms with Gasteiger partial charge in [0, 0.05) is 5.41 Å². The van der Waals surface area contributed by atoms with Gasteiger partial charge in [0.2, 0.25) is 0 Å². The molecule has 0 saturated heterocycles. The van der Waals surface area contributed by atoms with Gasteiger partial charge in [0.1, 0.15) is 11.5 Å². The van der Waals surface area contributed by atoms with E-state index in [1.807, 2.05) is 24.3 Å². The molecule has 0 radical (unpaired) electrons. The second-order valence-electron chi connectivity index (χ2n) is 6.67. The minimum absolute atomic E-state index is 0.0790. The number of aromatic hydroxyl groups is 2. The Morgan fingerprint density at radius 2 is 1.40 bits per heavy atom. The number of benzene rings is 2. The maximum atomic E-state index is 9.85. The van der Waals surface area contributed by atoms with Crippen LogP contribution in [0.5, 0.6) is 11.5 Å². The van der Waals surface area contributed by atoms with Crippen LogP contribution in [0.4, 0.5) is 0 Å². The third-order valence-corrected chi connectivity index (χ3v) is 4.63. The molecule has 0 unspecified atom stereocenters. The van der Waals surface area contributed by atoms with E-state index in [1.54, 1.807) is 18.2 Å². The molecular weight excluding hydrogens is 248 g/mol. The summed E-state index contributed by atoms with van der Waals surface area (Å²) in [5.74, 6) is 0.595. The fraction of sp³-hybridized carbons (Fsp3) is 0.333. The zero-order chi connectivity index (χ0) is 14.5. The van der Waals surface area contributed by atoms with Gasteiger partial charge in [-0.1, -0.05) is 39.0 Å². The number of phenolic OH excluding ortho intramolecular Hbond substituents is 2. The number of fused-ring (bicyclic) bond motifs is 1. The number of hydrogen-bond donors (Lipinski definition) is 2. The maximum Gasteiger partial charge on any atom is 0.115 e. The fourth-order valence-corrected chi connectivity index (χ4v) is 3.74. The van der Waals surface area contributed by atoms with E-state index in [2.05, 4.69) is 20.8 Å². The Balaban J connectivity index is 2.21. The van der Waals surface area contributed by atoms with Crippen molar-refractivity contribution in [1.29, 1.82) is 0 Å². The molecule has 2 heteroatoms. The topological polar surface area (TPSA) is 40.5 Å². The van der Waals surface area contributed by atoms with Crippen LogP contribution in [0.3, 0.4) is 0 Å². The van der Waals surface area contributed by atoms with Gasteiger partial charge in [0.05, 0.1) is 0 Å². The molecule has 1 aliphatic carbocycles. The lowest BCUT2D eigenvalue weighted by atomic mass is 9.75. The van der Waals surface area contributed by atoms with Gasteiger partial charge >= 0.3 is 0 Å². The second-order valence-corrected chi connectivity index (χ2v) is 6.67. The van der Waals surface area contributed by atoms with Crippen LogP contribution in [0.15, 0.2) is 42.5 Å². The summed E-state index contributed by atoms with van der Waals surface area (Å²) in [5.41, 5.74) is 3.60. The molecule has 0 aromatic heterocycles. The lowest BCUT2D eigenvalue weighted by Crippen LogP contribution is -2.23. The van der Waals surface area contributed by atoms with E-state index in [4.69, 9.17) is 0 Å². The third-order valence-electron chi connectivity index (χ3n) is 4.63. The molecule has 0 saturated carbocycles. The summed E-state index contributed by atoms with van der Waals surface area (Å²) in [6, 6.07) is 13.1. The highest BCUT2D eigenvalue weighted by atomic mass is 16.3. The average molecular weight is 268 g/mol. The first-order valence-corrected chi connectivity index (χ1v) is 6.96. The molecule has 0 aliphatic heterocycles. The van der Waals surface area contributed by atoms with E-state index in [9.17, 15) is 10.2 Å². The molecule has 2 aromatic rings. The first-order valence-electron chi connectivity index (χ1n) is 6.96. The van der Waals surface area contributed by atoms with Gasteiger partial charge in [-0.05, 0) is 52.8 Å². The summed E-state index contributed by atoms with van der Waals surface area (Å²) >= 11 is 0. The van der Waals surface area contributed by atoms with Gasteiger partial charge in [0.25, 0.3) is 0 Å². The third kappa shape index (κ3) is 1.79. The smallest absolute Gasteiger partial charge is 0.115 e. The second kappa shape index (κ2) is 4.02. The largest absolute Gasteiger partial charge is 0.508 e. The van der Waals surface area contributed by atoms with Gasteiger partial charge in [-0.2, -0.15) is 0 Å². The highest BCUT2D eigenvalue weighted by molar-refractivity contribution is 5.54. The Morgan fingerprint density at radius 3 is 2.05 bits per heavy atom. The molecule has 0 heterocycles. The van der Waals surface area contributed by atoms with Gasteiger partial charge in [-0.15, -0.1) is 0 Å². The van der Waals surface area contributed by atoms with Crippen molar-refractivity contribution in [2.24, 2.45) is 0 Å². The molecule has 0 amide bonds. The molecule has 2 aromatic carbocycles. The summed E-state index contributed by atoms with van der Waals surface area (Å²) < 4.78 is 0. The first-order chi connectivity index (χ1) is 9.33. The zero-order valence-corrected chi connectivity index (χ0v) is 12.1. The van der Waals surface area contributed by atoms with Crippen molar-refractivity contribution in [1.82, 2.24) is 0 Å². The molecule has 2 nitrogen and oxygen atoms in total. The van der Waals surface area contributed by atoms with Crippen LogP contribution in [0.25, 0.3) is 0 Å². The minimum Gasteiger partial charge on any atom is -0.508 e. The molecule has 2 N–H and O–H groups in total. The molecule has 20 heavy (non-hydrogen) atoms. The van der Waals surface area contributed by atoms with Gasteiger partial charge in [-0.25, -0.2) is 0 Å². The number of phenols is 2. The summed E-state index contributed by atoms with van der Waals surface area (Å²) in [6.07, 6.45) is 0.990. The predicted octanol–water partition coefficient (Wildman–Crippen LogP) is 4.09. The molecule has 3 rings (SSSR count). The zero-order valence-electron chi connectivity index (χ0n) is 12.1. The van der Waals surface area contributed by atoms with Crippen molar-refractivity contribution in [3.05, 3.63) is 59.2 Å². The SMILES string of the molecule is CC1(C)C[C@](C)(c2ccc(O)cc2)c2cc(O)ccc21. The minimum atomic E-state index is -0.134. The molecule has 0 fully saturated rings. The summed E-state index contributed by atoms with van der Waals surface area (Å²) in [4.78, 5) is 0. The Hall–Kier alpha value is -1.96. The van der Waals surface area contributed by atoms with E-state index < -0.39 is 0 Å². The van der Waals surface area contributed by atoms with Crippen molar-refractivity contribution >= 4 is 0 Å². The van der Waals surface area contributed by atoms with Gasteiger partial charge < -0.3 is 10.2 Å². The van der Waals surface area contributed by atoms with Crippen molar-refractivity contribution in [2.45, 2.75) is 38.0 Å². The summed E-state index contributed by atoms with van der Waals surface area (Å²) in [6.45, 7) is 6.70. The normalized spacial score (nSPS) is 23.6. The first kappa shape index (κ1) is 13.0. The van der Waals surface area contributed by atoms with E-state index in [-0.39, 0.29) is 16.6 Å². The van der Waals surface area contributed by atoms with Crippen molar-refractivity contribution < 1.29 is 10.2 Å². The van der Waals surface area contributed by atoms with Crippen LogP contribution in [0.1, 0.15) is 43.9 Å². The molecule has 0 spiro atoms. The molecule has 1 atom stereocenters. The van der Waals surface area contributed by atoms with Crippen molar-refractivity contribution in [3.63, 3.8) is 0 Å². The molecule has 0 bridgehead atoms. The van der Waals surface area contributed by atoms with E-state index >= 15 is 0 Å². The number of rotatable bonds is 1. The van der Waals surface area contributed by atoms with Crippen LogP contribution < -0.4 is 0 Å². The standard InChI is InChI=1S/C18H20O2/c1-17(2)11-18(3,12-4-6-13(19)7-5-12)16-10-14(20)8-9-15(16)17/h4-10,19-20H,11H2,1-3H3/t18-/m1/s1. The lowest BCUT2D eigenvalue weighted by molar-refractivity contribution is 0.423. The van der Waals surface area contributed by atoms with E-state index in [0.717, 1.165) is 6.42 Å². The van der Waals surface area contributed by atoms with E-state index in [1.165, 1.54) is 16.7 Å². The van der Waals surface area contributed by atoms with Crippen LogP contribution in [0.2, 0.25) is 0 Å². The van der Waals surface area contributed by atoms with Crippen molar-refractivity contribution in [2.75, 3.05) is 0 Å². The lowest BCUT2D eigenvalue weighted by Gasteiger charge is -2.28. The van der Waals surface area contributed by atoms with Crippen molar-refractivity contribution in [3.8, 4) is 11.5 Å². The Morgan fingerprint density at radius 1 is 0.800 bits per heavy atom. The Labute approximate surface area is 119 Å².